The number of hydrogen-bond acceptors (Lipinski definition) is 3. The molecule has 3 nitrogen and oxygen atoms in total. The molecule has 0 aliphatic heterocycles. The van der Waals surface area contributed by atoms with Crippen LogP contribution in [0.5, 0.6) is 0 Å². The summed E-state index contributed by atoms with van der Waals surface area (Å²) in [5.41, 5.74) is 12.7. The second-order valence-corrected chi connectivity index (χ2v) is 7.00. The quantitative estimate of drug-likeness (QED) is 0.627. The number of nitrogens with two attached hydrogens (primary N) is 2. The van der Waals surface area contributed by atoms with Crippen LogP contribution in [-0.4, -0.2) is 6.66 Å². The van der Waals surface area contributed by atoms with Crippen molar-refractivity contribution in [2.75, 3.05) is 18.1 Å². The van der Waals surface area contributed by atoms with E-state index in [1.165, 1.54) is 0 Å². The largest absolute Gasteiger partial charge is 0.399 e. The average molecular weight is 246 g/mol. The van der Waals surface area contributed by atoms with Crippen LogP contribution in [0.1, 0.15) is 0 Å². The van der Waals surface area contributed by atoms with Crippen molar-refractivity contribution in [2.24, 2.45) is 0 Å². The Bertz CT molecular complexity index is 546. The third-order valence-corrected chi connectivity index (χ3v) is 5.25. The first kappa shape index (κ1) is 11.7. The topological polar surface area (TPSA) is 69.1 Å². The molecular weight excluding hydrogens is 231 g/mol. The van der Waals surface area contributed by atoms with Crippen LogP contribution in [0.15, 0.2) is 48.5 Å². The molecule has 0 saturated carbocycles. The minimum atomic E-state index is -2.61. The van der Waals surface area contributed by atoms with Gasteiger partial charge in [0.05, 0.1) is 0 Å². The maximum absolute atomic E-state index is 12.8. The maximum Gasteiger partial charge on any atom is 0.140 e. The lowest BCUT2D eigenvalue weighted by atomic mass is 10.3. The van der Waals surface area contributed by atoms with Crippen molar-refractivity contribution in [3.8, 4) is 0 Å². The van der Waals surface area contributed by atoms with Gasteiger partial charge in [-0.25, -0.2) is 0 Å². The molecular formula is C13H15N2OP. The molecule has 2 aromatic carbocycles. The summed E-state index contributed by atoms with van der Waals surface area (Å²) >= 11 is 0. The van der Waals surface area contributed by atoms with E-state index in [9.17, 15) is 4.57 Å². The van der Waals surface area contributed by atoms with E-state index in [-0.39, 0.29) is 0 Å². The van der Waals surface area contributed by atoms with Crippen molar-refractivity contribution in [3.05, 3.63) is 48.5 Å². The van der Waals surface area contributed by atoms with Crippen LogP contribution < -0.4 is 22.1 Å². The highest BCUT2D eigenvalue weighted by Crippen LogP contribution is 2.39. The summed E-state index contributed by atoms with van der Waals surface area (Å²) in [7, 11) is -2.61. The fraction of sp³-hybridized carbons (Fsp3) is 0.0769. The summed E-state index contributed by atoms with van der Waals surface area (Å²) in [6.07, 6.45) is 0. The van der Waals surface area contributed by atoms with Gasteiger partial charge in [0, 0.05) is 22.0 Å². The van der Waals surface area contributed by atoms with Crippen LogP contribution >= 0.6 is 7.14 Å². The zero-order chi connectivity index (χ0) is 12.5. The second kappa shape index (κ2) is 4.27. The molecule has 0 fully saturated rings. The Morgan fingerprint density at radius 3 is 1.65 bits per heavy atom. The molecule has 0 saturated heterocycles. The van der Waals surface area contributed by atoms with Crippen molar-refractivity contribution in [1.82, 2.24) is 0 Å². The maximum atomic E-state index is 12.8. The number of hydrogen-bond donors (Lipinski definition) is 2. The summed E-state index contributed by atoms with van der Waals surface area (Å²) in [5.74, 6) is 0. The molecule has 88 valence electrons. The minimum Gasteiger partial charge on any atom is -0.399 e. The van der Waals surface area contributed by atoms with Gasteiger partial charge in [-0.2, -0.15) is 0 Å². The molecule has 0 heterocycles. The fourth-order valence-corrected chi connectivity index (χ4v) is 3.56. The molecule has 0 atom stereocenters. The summed E-state index contributed by atoms with van der Waals surface area (Å²) in [6.45, 7) is 1.73. The molecule has 0 unspecified atom stereocenters. The highest BCUT2D eigenvalue weighted by atomic mass is 31.2. The van der Waals surface area contributed by atoms with Gasteiger partial charge in [0.2, 0.25) is 0 Å². The first-order valence-corrected chi connectivity index (χ1v) is 7.45. The van der Waals surface area contributed by atoms with Gasteiger partial charge >= 0.3 is 0 Å². The van der Waals surface area contributed by atoms with Crippen LogP contribution in [0.25, 0.3) is 0 Å². The average Bonchev–Trinajstić information content (AvgIpc) is 2.29. The Hall–Kier alpha value is -1.73. The molecule has 4 heteroatoms. The zero-order valence-corrected chi connectivity index (χ0v) is 10.5. The van der Waals surface area contributed by atoms with Gasteiger partial charge < -0.3 is 16.0 Å². The first-order valence-electron chi connectivity index (χ1n) is 5.30. The van der Waals surface area contributed by atoms with E-state index in [0.717, 1.165) is 10.6 Å². The van der Waals surface area contributed by atoms with Crippen molar-refractivity contribution < 1.29 is 4.57 Å². The summed E-state index contributed by atoms with van der Waals surface area (Å²) < 4.78 is 12.8. The van der Waals surface area contributed by atoms with Crippen LogP contribution in [0, 0.1) is 0 Å². The lowest BCUT2D eigenvalue weighted by Crippen LogP contribution is -2.15. The van der Waals surface area contributed by atoms with Gasteiger partial charge in [-0.3, -0.25) is 0 Å². The van der Waals surface area contributed by atoms with E-state index in [2.05, 4.69) is 0 Å². The third kappa shape index (κ3) is 2.34. The van der Waals surface area contributed by atoms with Crippen LogP contribution in [0.4, 0.5) is 11.4 Å². The van der Waals surface area contributed by atoms with Gasteiger partial charge in [-0.05, 0) is 30.9 Å². The predicted molar refractivity (Wildman–Crippen MR) is 74.5 cm³/mol. The lowest BCUT2D eigenvalue weighted by molar-refractivity contribution is 0.590. The molecule has 0 radical (unpaired) electrons. The number of benzene rings is 2. The van der Waals surface area contributed by atoms with E-state index in [1.54, 1.807) is 30.9 Å². The Kier molecular flexibility index (Phi) is 2.95. The normalized spacial score (nSPS) is 11.4. The molecule has 17 heavy (non-hydrogen) atoms. The van der Waals surface area contributed by atoms with Gasteiger partial charge in [-0.1, -0.05) is 24.3 Å². The molecule has 0 bridgehead atoms. The molecule has 4 N–H and O–H groups in total. The van der Waals surface area contributed by atoms with Crippen LogP contribution in [0.3, 0.4) is 0 Å². The molecule has 0 aliphatic rings. The third-order valence-electron chi connectivity index (χ3n) is 2.73. The van der Waals surface area contributed by atoms with Crippen LogP contribution in [-0.2, 0) is 4.57 Å². The van der Waals surface area contributed by atoms with Gasteiger partial charge in [0.15, 0.2) is 0 Å². The molecule has 0 aromatic heterocycles. The first-order chi connectivity index (χ1) is 8.00. The molecule has 2 aromatic rings. The molecule has 2 rings (SSSR count). The SMILES string of the molecule is CP(=O)(c1cccc(N)c1)c1cccc(N)c1. The Labute approximate surface area is 101 Å². The Morgan fingerprint density at radius 2 is 1.29 bits per heavy atom. The van der Waals surface area contributed by atoms with Gasteiger partial charge in [0.25, 0.3) is 0 Å². The van der Waals surface area contributed by atoms with E-state index >= 15 is 0 Å². The van der Waals surface area contributed by atoms with Gasteiger partial charge in [0.1, 0.15) is 7.14 Å². The van der Waals surface area contributed by atoms with E-state index in [1.807, 2.05) is 24.3 Å². The van der Waals surface area contributed by atoms with E-state index in [0.29, 0.717) is 11.4 Å². The van der Waals surface area contributed by atoms with Crippen LogP contribution in [0.2, 0.25) is 0 Å². The van der Waals surface area contributed by atoms with Gasteiger partial charge in [-0.15, -0.1) is 0 Å². The lowest BCUT2D eigenvalue weighted by Gasteiger charge is -2.14. The van der Waals surface area contributed by atoms with Crippen molar-refractivity contribution in [3.63, 3.8) is 0 Å². The van der Waals surface area contributed by atoms with Crippen molar-refractivity contribution in [1.29, 1.82) is 0 Å². The minimum absolute atomic E-state index is 0.619. The number of nitrogen functional groups attached to an aromatic ring is 2. The predicted octanol–water partition coefficient (Wildman–Crippen LogP) is 1.79. The Balaban J connectivity index is 2.53. The molecule has 0 amide bonds. The Morgan fingerprint density at radius 1 is 0.882 bits per heavy atom. The second-order valence-electron chi connectivity index (χ2n) is 4.11. The summed E-state index contributed by atoms with van der Waals surface area (Å²) in [5, 5.41) is 1.51. The van der Waals surface area contributed by atoms with E-state index in [4.69, 9.17) is 11.5 Å². The standard InChI is InChI=1S/C13H15N2OP/c1-17(16,12-6-2-4-10(14)8-12)13-7-3-5-11(15)9-13/h2-9H,14-15H2,1H3. The zero-order valence-electron chi connectivity index (χ0n) is 9.63. The number of rotatable bonds is 2. The smallest absolute Gasteiger partial charge is 0.140 e. The van der Waals surface area contributed by atoms with Crippen molar-refractivity contribution in [2.45, 2.75) is 0 Å². The summed E-state index contributed by atoms with van der Waals surface area (Å²) in [4.78, 5) is 0. The fourth-order valence-electron chi connectivity index (χ4n) is 1.73. The highest BCUT2D eigenvalue weighted by molar-refractivity contribution is 7.78. The monoisotopic (exact) mass is 246 g/mol. The molecule has 0 spiro atoms. The van der Waals surface area contributed by atoms with E-state index < -0.39 is 7.14 Å². The van der Waals surface area contributed by atoms with Crippen molar-refractivity contribution >= 4 is 29.1 Å². The number of anilines is 2. The highest BCUT2D eigenvalue weighted by Gasteiger charge is 2.21. The summed E-state index contributed by atoms with van der Waals surface area (Å²) in [6, 6.07) is 14.4. The molecule has 0 aliphatic carbocycles.